The van der Waals surface area contributed by atoms with Crippen LogP contribution in [-0.4, -0.2) is 60.0 Å². The molecule has 1 heterocycles. The molecule has 0 radical (unpaired) electrons. The monoisotopic (exact) mass is 296 g/mol. The zero-order valence-electron chi connectivity index (χ0n) is 13.1. The fourth-order valence-corrected chi connectivity index (χ4v) is 3.54. The van der Waals surface area contributed by atoms with E-state index in [-0.39, 0.29) is 12.3 Å². The first kappa shape index (κ1) is 16.3. The minimum atomic E-state index is -0.808. The molecule has 5 heteroatoms. The number of carboxylic acid groups (broad SMARTS) is 1. The summed E-state index contributed by atoms with van der Waals surface area (Å²) in [6.07, 6.45) is 6.91. The molecule has 0 atom stereocenters. The van der Waals surface area contributed by atoms with Crippen LogP contribution < -0.4 is 0 Å². The largest absolute Gasteiger partial charge is 0.481 e. The number of carbonyl (C=O) groups excluding carboxylic acids is 1. The van der Waals surface area contributed by atoms with Crippen molar-refractivity contribution in [3.05, 3.63) is 0 Å². The first-order chi connectivity index (χ1) is 10.0. The lowest BCUT2D eigenvalue weighted by molar-refractivity contribution is -0.155. The summed E-state index contributed by atoms with van der Waals surface area (Å²) in [7, 11) is 1.80. The van der Waals surface area contributed by atoms with Crippen LogP contribution >= 0.6 is 0 Å². The average Bonchev–Trinajstić information content (AvgIpc) is 2.98. The summed E-state index contributed by atoms with van der Waals surface area (Å²) in [5.41, 5.74) is -0.808. The molecule has 2 fully saturated rings. The van der Waals surface area contributed by atoms with Crippen LogP contribution in [0.3, 0.4) is 0 Å². The second-order valence-corrected chi connectivity index (χ2v) is 6.69. The zero-order chi connectivity index (χ0) is 15.3. The molecule has 0 aromatic carbocycles. The Bertz CT molecular complexity index is 372. The van der Waals surface area contributed by atoms with Gasteiger partial charge in [0.05, 0.1) is 5.41 Å². The highest BCUT2D eigenvalue weighted by atomic mass is 16.4. The molecule has 2 aliphatic rings. The Morgan fingerprint density at radius 3 is 2.29 bits per heavy atom. The van der Waals surface area contributed by atoms with Gasteiger partial charge in [-0.15, -0.1) is 0 Å². The fourth-order valence-electron chi connectivity index (χ4n) is 3.54. The first-order valence-corrected chi connectivity index (χ1v) is 8.23. The number of likely N-dealkylation sites (N-methyl/N-ethyl adjacent to an activating group) is 1. The van der Waals surface area contributed by atoms with E-state index in [1.54, 1.807) is 11.9 Å². The van der Waals surface area contributed by atoms with E-state index in [2.05, 4.69) is 4.90 Å². The smallest absolute Gasteiger partial charge is 0.310 e. The van der Waals surface area contributed by atoms with E-state index in [0.717, 1.165) is 38.9 Å². The molecular formula is C16H28N2O3. The number of amides is 1. The Hall–Kier alpha value is -1.10. The SMILES string of the molecule is CN(CCN1CCCC1)C(=O)CC1(C(=O)O)CCCCC1. The molecule has 0 unspecified atom stereocenters. The molecule has 120 valence electrons. The number of aliphatic carboxylic acids is 1. The van der Waals surface area contributed by atoms with Gasteiger partial charge in [-0.2, -0.15) is 0 Å². The molecule has 1 amide bonds. The summed E-state index contributed by atoms with van der Waals surface area (Å²) in [5.74, 6) is -0.804. The van der Waals surface area contributed by atoms with Crippen LogP contribution in [0.25, 0.3) is 0 Å². The van der Waals surface area contributed by atoms with Crippen LogP contribution in [0, 0.1) is 5.41 Å². The molecule has 2 rings (SSSR count). The Balaban J connectivity index is 1.84. The highest BCUT2D eigenvalue weighted by molar-refractivity contribution is 5.85. The van der Waals surface area contributed by atoms with Gasteiger partial charge in [0, 0.05) is 26.6 Å². The van der Waals surface area contributed by atoms with E-state index in [0.29, 0.717) is 19.4 Å². The third-order valence-electron chi connectivity index (χ3n) is 5.13. The fraction of sp³-hybridized carbons (Fsp3) is 0.875. The molecule has 0 aromatic heterocycles. The van der Waals surface area contributed by atoms with Crippen molar-refractivity contribution < 1.29 is 14.7 Å². The Kier molecular flexibility index (Phi) is 5.62. The standard InChI is InChI=1S/C16H28N2O3/c1-17(11-12-18-9-5-6-10-18)14(19)13-16(15(20)21)7-3-2-4-8-16/h2-13H2,1H3,(H,20,21). The van der Waals surface area contributed by atoms with Crippen molar-refractivity contribution in [2.45, 2.75) is 51.4 Å². The zero-order valence-corrected chi connectivity index (χ0v) is 13.1. The van der Waals surface area contributed by atoms with Crippen molar-refractivity contribution in [3.63, 3.8) is 0 Å². The molecule has 0 spiro atoms. The normalized spacial score (nSPS) is 22.1. The molecule has 1 aliphatic heterocycles. The summed E-state index contributed by atoms with van der Waals surface area (Å²) < 4.78 is 0. The maximum atomic E-state index is 12.4. The van der Waals surface area contributed by atoms with Gasteiger partial charge in [-0.25, -0.2) is 0 Å². The van der Waals surface area contributed by atoms with Crippen molar-refractivity contribution in [1.82, 2.24) is 9.80 Å². The van der Waals surface area contributed by atoms with Gasteiger partial charge in [-0.1, -0.05) is 19.3 Å². The van der Waals surface area contributed by atoms with Gasteiger partial charge >= 0.3 is 5.97 Å². The molecule has 1 saturated carbocycles. The summed E-state index contributed by atoms with van der Waals surface area (Å²) in [6.45, 7) is 3.86. The van der Waals surface area contributed by atoms with Crippen molar-refractivity contribution >= 4 is 11.9 Å². The Labute approximate surface area is 127 Å². The Morgan fingerprint density at radius 2 is 1.71 bits per heavy atom. The maximum Gasteiger partial charge on any atom is 0.310 e. The topological polar surface area (TPSA) is 60.9 Å². The minimum absolute atomic E-state index is 0.0153. The summed E-state index contributed by atoms with van der Waals surface area (Å²) in [6, 6.07) is 0. The molecule has 5 nitrogen and oxygen atoms in total. The van der Waals surface area contributed by atoms with Gasteiger partial charge < -0.3 is 14.9 Å². The molecule has 0 aromatic rings. The number of carbonyl (C=O) groups is 2. The second kappa shape index (κ2) is 7.25. The van der Waals surface area contributed by atoms with Crippen LogP contribution in [0.15, 0.2) is 0 Å². The third kappa shape index (κ3) is 4.19. The number of likely N-dealkylation sites (tertiary alicyclic amines) is 1. The number of rotatable bonds is 6. The predicted octanol–water partition coefficient (Wildman–Crippen LogP) is 1.97. The molecule has 1 saturated heterocycles. The van der Waals surface area contributed by atoms with Crippen LogP contribution in [-0.2, 0) is 9.59 Å². The van der Waals surface area contributed by atoms with Crippen LogP contribution in [0.2, 0.25) is 0 Å². The van der Waals surface area contributed by atoms with E-state index in [9.17, 15) is 14.7 Å². The van der Waals surface area contributed by atoms with Gasteiger partial charge in [0.15, 0.2) is 0 Å². The lowest BCUT2D eigenvalue weighted by atomic mass is 9.71. The van der Waals surface area contributed by atoms with E-state index in [1.807, 2.05) is 0 Å². The van der Waals surface area contributed by atoms with E-state index < -0.39 is 11.4 Å². The number of hydrogen-bond acceptors (Lipinski definition) is 3. The van der Waals surface area contributed by atoms with Gasteiger partial charge in [-0.3, -0.25) is 9.59 Å². The summed E-state index contributed by atoms with van der Waals surface area (Å²) in [5, 5.41) is 9.54. The molecule has 21 heavy (non-hydrogen) atoms. The van der Waals surface area contributed by atoms with E-state index in [4.69, 9.17) is 0 Å². The summed E-state index contributed by atoms with van der Waals surface area (Å²) >= 11 is 0. The van der Waals surface area contributed by atoms with E-state index in [1.165, 1.54) is 12.8 Å². The van der Waals surface area contributed by atoms with Crippen LogP contribution in [0.1, 0.15) is 51.4 Å². The molecule has 1 N–H and O–H groups in total. The molecule has 1 aliphatic carbocycles. The lowest BCUT2D eigenvalue weighted by Gasteiger charge is -2.34. The first-order valence-electron chi connectivity index (χ1n) is 8.23. The minimum Gasteiger partial charge on any atom is -0.481 e. The Morgan fingerprint density at radius 1 is 1.10 bits per heavy atom. The van der Waals surface area contributed by atoms with Gasteiger partial charge in [0.1, 0.15) is 0 Å². The predicted molar refractivity (Wildman–Crippen MR) is 81.1 cm³/mol. The highest BCUT2D eigenvalue weighted by Crippen LogP contribution is 2.39. The molecular weight excluding hydrogens is 268 g/mol. The average molecular weight is 296 g/mol. The van der Waals surface area contributed by atoms with Crippen molar-refractivity contribution in [1.29, 1.82) is 0 Å². The maximum absolute atomic E-state index is 12.4. The highest BCUT2D eigenvalue weighted by Gasteiger charge is 2.41. The number of carboxylic acids is 1. The lowest BCUT2D eigenvalue weighted by Crippen LogP contribution is -2.41. The van der Waals surface area contributed by atoms with Crippen LogP contribution in [0.5, 0.6) is 0 Å². The van der Waals surface area contributed by atoms with E-state index >= 15 is 0 Å². The number of nitrogens with zero attached hydrogens (tertiary/aromatic N) is 2. The van der Waals surface area contributed by atoms with Crippen molar-refractivity contribution in [2.24, 2.45) is 5.41 Å². The third-order valence-corrected chi connectivity index (χ3v) is 5.13. The summed E-state index contributed by atoms with van der Waals surface area (Å²) in [4.78, 5) is 28.1. The van der Waals surface area contributed by atoms with Crippen LogP contribution in [0.4, 0.5) is 0 Å². The second-order valence-electron chi connectivity index (χ2n) is 6.69. The van der Waals surface area contributed by atoms with Gasteiger partial charge in [-0.05, 0) is 38.8 Å². The number of hydrogen-bond donors (Lipinski definition) is 1. The van der Waals surface area contributed by atoms with Crippen molar-refractivity contribution in [2.75, 3.05) is 33.2 Å². The quantitative estimate of drug-likeness (QED) is 0.814. The van der Waals surface area contributed by atoms with Gasteiger partial charge in [0.25, 0.3) is 0 Å². The van der Waals surface area contributed by atoms with Crippen molar-refractivity contribution in [3.8, 4) is 0 Å². The molecule has 0 bridgehead atoms. The van der Waals surface area contributed by atoms with Gasteiger partial charge in [0.2, 0.25) is 5.91 Å².